The van der Waals surface area contributed by atoms with Gasteiger partial charge in [0.2, 0.25) is 11.8 Å². The topological polar surface area (TPSA) is 76.0 Å². The van der Waals surface area contributed by atoms with Crippen LogP contribution in [0.25, 0.3) is 16.9 Å². The van der Waals surface area contributed by atoms with Crippen LogP contribution in [0.4, 0.5) is 5.82 Å². The number of hydrogen-bond donors (Lipinski definition) is 2. The zero-order valence-electron chi connectivity index (χ0n) is 17.8. The van der Waals surface area contributed by atoms with Crippen LogP contribution in [-0.4, -0.2) is 28.1 Å². The Morgan fingerprint density at radius 3 is 2.81 bits per heavy atom. The molecule has 0 saturated carbocycles. The molecule has 2 heterocycles. The van der Waals surface area contributed by atoms with Crippen LogP contribution >= 0.6 is 0 Å². The van der Waals surface area contributed by atoms with Gasteiger partial charge < -0.3 is 10.6 Å². The monoisotopic (exact) mass is 416 g/mol. The average molecular weight is 417 g/mol. The summed E-state index contributed by atoms with van der Waals surface area (Å²) < 4.78 is 1.87. The van der Waals surface area contributed by atoms with E-state index in [1.54, 1.807) is 0 Å². The highest BCUT2D eigenvalue weighted by Crippen LogP contribution is 2.27. The van der Waals surface area contributed by atoms with Crippen LogP contribution in [0, 0.1) is 5.92 Å². The number of aryl methyl sites for hydroxylation is 1. The van der Waals surface area contributed by atoms with Gasteiger partial charge in [-0.3, -0.25) is 9.59 Å². The van der Waals surface area contributed by atoms with E-state index in [9.17, 15) is 9.59 Å². The molecule has 3 aromatic rings. The number of anilines is 1. The van der Waals surface area contributed by atoms with E-state index in [-0.39, 0.29) is 17.7 Å². The van der Waals surface area contributed by atoms with E-state index in [0.717, 1.165) is 36.2 Å². The largest absolute Gasteiger partial charge is 0.355 e. The van der Waals surface area contributed by atoms with Gasteiger partial charge >= 0.3 is 0 Å². The maximum atomic E-state index is 12.8. The molecule has 1 aliphatic heterocycles. The normalized spacial score (nSPS) is 16.4. The standard InChI is InChI=1S/C25H28N4O2/c1-2-8-18-9-6-10-19(15-18)22-16-23(28-29(22)21-12-4-3-5-13-21)27-25(31)20-11-7-14-24(30)26-17-20/h3-6,9-10,12-13,15-16,20H,2,7-8,11,14,17H2,1H3,(H,26,30)(H,27,28,31). The highest BCUT2D eigenvalue weighted by molar-refractivity contribution is 5.93. The fourth-order valence-electron chi connectivity index (χ4n) is 3.98. The van der Waals surface area contributed by atoms with Gasteiger partial charge in [-0.05, 0) is 43.0 Å². The van der Waals surface area contributed by atoms with Crippen molar-refractivity contribution in [2.24, 2.45) is 5.92 Å². The van der Waals surface area contributed by atoms with E-state index in [2.05, 4.69) is 41.8 Å². The number of nitrogens with zero attached hydrogens (tertiary/aromatic N) is 2. The molecule has 2 aromatic carbocycles. The summed E-state index contributed by atoms with van der Waals surface area (Å²) in [7, 11) is 0. The Balaban J connectivity index is 1.64. The number of aromatic nitrogens is 2. The molecule has 0 bridgehead atoms. The summed E-state index contributed by atoms with van der Waals surface area (Å²) in [4.78, 5) is 24.4. The third-order valence-electron chi connectivity index (χ3n) is 5.60. The highest BCUT2D eigenvalue weighted by atomic mass is 16.2. The van der Waals surface area contributed by atoms with Crippen LogP contribution in [0.3, 0.4) is 0 Å². The molecule has 0 spiro atoms. The van der Waals surface area contributed by atoms with Gasteiger partial charge in [-0.2, -0.15) is 0 Å². The van der Waals surface area contributed by atoms with E-state index in [4.69, 9.17) is 5.10 Å². The van der Waals surface area contributed by atoms with Crippen LogP contribution in [0.5, 0.6) is 0 Å². The van der Waals surface area contributed by atoms with Gasteiger partial charge in [0.05, 0.1) is 17.3 Å². The van der Waals surface area contributed by atoms with Crippen molar-refractivity contribution >= 4 is 17.6 Å². The fraction of sp³-hybridized carbons (Fsp3) is 0.320. The molecule has 4 rings (SSSR count). The summed E-state index contributed by atoms with van der Waals surface area (Å²) in [6, 6.07) is 20.3. The van der Waals surface area contributed by atoms with E-state index in [0.29, 0.717) is 25.2 Å². The van der Waals surface area contributed by atoms with Crippen molar-refractivity contribution in [3.8, 4) is 16.9 Å². The molecule has 1 aliphatic rings. The summed E-state index contributed by atoms with van der Waals surface area (Å²) in [5.41, 5.74) is 4.19. The molecule has 6 heteroatoms. The van der Waals surface area contributed by atoms with Crippen molar-refractivity contribution in [3.63, 3.8) is 0 Å². The maximum absolute atomic E-state index is 12.8. The number of carbonyl (C=O) groups is 2. The van der Waals surface area contributed by atoms with Crippen molar-refractivity contribution in [2.45, 2.75) is 39.0 Å². The third-order valence-corrected chi connectivity index (χ3v) is 5.60. The lowest BCUT2D eigenvalue weighted by atomic mass is 10.0. The molecule has 6 nitrogen and oxygen atoms in total. The number of hydrogen-bond acceptors (Lipinski definition) is 3. The summed E-state index contributed by atoms with van der Waals surface area (Å²) in [6.07, 6.45) is 3.99. The van der Waals surface area contributed by atoms with Gasteiger partial charge in [-0.25, -0.2) is 4.68 Å². The number of amides is 2. The molecular formula is C25H28N4O2. The molecule has 0 radical (unpaired) electrons. The van der Waals surface area contributed by atoms with E-state index < -0.39 is 0 Å². The predicted molar refractivity (Wildman–Crippen MR) is 122 cm³/mol. The highest BCUT2D eigenvalue weighted by Gasteiger charge is 2.24. The molecule has 1 aromatic heterocycles. The first-order valence-corrected chi connectivity index (χ1v) is 11.0. The number of nitrogens with one attached hydrogen (secondary N) is 2. The van der Waals surface area contributed by atoms with E-state index in [1.807, 2.05) is 41.1 Å². The third kappa shape index (κ3) is 5.02. The van der Waals surface area contributed by atoms with Crippen molar-refractivity contribution < 1.29 is 9.59 Å². The minimum Gasteiger partial charge on any atom is -0.355 e. The number of rotatable bonds is 6. The first-order valence-electron chi connectivity index (χ1n) is 11.0. The van der Waals surface area contributed by atoms with Gasteiger partial charge in [-0.1, -0.05) is 49.7 Å². The first-order chi connectivity index (χ1) is 15.1. The Bertz CT molecular complexity index is 1060. The second-order valence-corrected chi connectivity index (χ2v) is 8.00. The minimum absolute atomic E-state index is 0.0119. The van der Waals surface area contributed by atoms with Crippen LogP contribution in [0.2, 0.25) is 0 Å². The summed E-state index contributed by atoms with van der Waals surface area (Å²) >= 11 is 0. The Labute approximate surface area is 182 Å². The number of benzene rings is 2. The summed E-state index contributed by atoms with van der Waals surface area (Å²) in [6.45, 7) is 2.54. The Kier molecular flexibility index (Phi) is 6.46. The molecule has 1 unspecified atom stereocenters. The Morgan fingerprint density at radius 1 is 1.16 bits per heavy atom. The molecule has 0 aliphatic carbocycles. The lowest BCUT2D eigenvalue weighted by Crippen LogP contribution is -2.33. The summed E-state index contributed by atoms with van der Waals surface area (Å²) in [5, 5.41) is 10.5. The zero-order valence-corrected chi connectivity index (χ0v) is 17.8. The van der Waals surface area contributed by atoms with Gasteiger partial charge in [0.25, 0.3) is 0 Å². The summed E-state index contributed by atoms with van der Waals surface area (Å²) in [5.74, 6) is 0.175. The minimum atomic E-state index is -0.246. The van der Waals surface area contributed by atoms with Crippen molar-refractivity contribution in [1.82, 2.24) is 15.1 Å². The molecule has 160 valence electrons. The van der Waals surface area contributed by atoms with Crippen LogP contribution in [0.1, 0.15) is 38.2 Å². The molecular weight excluding hydrogens is 388 g/mol. The second kappa shape index (κ2) is 9.60. The molecule has 2 N–H and O–H groups in total. The SMILES string of the molecule is CCCc1cccc(-c2cc(NC(=O)C3CCCC(=O)NC3)nn2-c2ccccc2)c1. The number of carbonyl (C=O) groups excluding carboxylic acids is 2. The van der Waals surface area contributed by atoms with Crippen LogP contribution in [-0.2, 0) is 16.0 Å². The lowest BCUT2D eigenvalue weighted by Gasteiger charge is -2.12. The molecule has 1 saturated heterocycles. The van der Waals surface area contributed by atoms with Crippen LogP contribution in [0.15, 0.2) is 60.7 Å². The quantitative estimate of drug-likeness (QED) is 0.627. The first kappa shape index (κ1) is 20.8. The zero-order chi connectivity index (χ0) is 21.6. The smallest absolute Gasteiger partial charge is 0.230 e. The molecule has 31 heavy (non-hydrogen) atoms. The van der Waals surface area contributed by atoms with Gasteiger partial charge in [-0.15, -0.1) is 5.10 Å². The molecule has 1 atom stereocenters. The predicted octanol–water partition coefficient (Wildman–Crippen LogP) is 4.35. The van der Waals surface area contributed by atoms with Gasteiger partial charge in [0, 0.05) is 24.6 Å². The second-order valence-electron chi connectivity index (χ2n) is 8.00. The molecule has 1 fully saturated rings. The van der Waals surface area contributed by atoms with E-state index in [1.165, 1.54) is 5.56 Å². The Morgan fingerprint density at radius 2 is 2.00 bits per heavy atom. The van der Waals surface area contributed by atoms with Crippen molar-refractivity contribution in [2.75, 3.05) is 11.9 Å². The molecule has 2 amide bonds. The van der Waals surface area contributed by atoms with Crippen molar-refractivity contribution in [1.29, 1.82) is 0 Å². The van der Waals surface area contributed by atoms with Crippen molar-refractivity contribution in [3.05, 3.63) is 66.2 Å². The lowest BCUT2D eigenvalue weighted by molar-refractivity contribution is -0.121. The number of para-hydroxylation sites is 1. The maximum Gasteiger partial charge on any atom is 0.230 e. The van der Waals surface area contributed by atoms with E-state index >= 15 is 0 Å². The fourth-order valence-corrected chi connectivity index (χ4v) is 3.98. The van der Waals surface area contributed by atoms with Crippen LogP contribution < -0.4 is 10.6 Å². The average Bonchev–Trinajstić information content (AvgIpc) is 3.08. The van der Waals surface area contributed by atoms with Gasteiger partial charge in [0.1, 0.15) is 0 Å². The Hall–Kier alpha value is -3.41. The van der Waals surface area contributed by atoms with Gasteiger partial charge in [0.15, 0.2) is 5.82 Å².